The first kappa shape index (κ1) is 17.2. The third-order valence-electron chi connectivity index (χ3n) is 5.17. The summed E-state index contributed by atoms with van der Waals surface area (Å²) >= 11 is 0. The molecule has 0 radical (unpaired) electrons. The number of piperazine rings is 1. The number of hydrogen-bond donors (Lipinski definition) is 1. The standard InChI is InChI=1S/C17H21N5O3S/c1-12-10-14(12)17(23)21-6-8-22(9-7-21)26(24,25)15-11-19-20-16(15)13-2-4-18-5-3-13/h2-5,11-12,14H,6-10H2,1H3,(H,19,20). The normalized spacial score (nSPS) is 23.8. The van der Waals surface area contributed by atoms with Gasteiger partial charge < -0.3 is 4.90 Å². The van der Waals surface area contributed by atoms with Crippen molar-refractivity contribution < 1.29 is 13.2 Å². The number of nitrogens with one attached hydrogen (secondary N) is 1. The van der Waals surface area contributed by atoms with E-state index in [0.717, 1.165) is 6.42 Å². The molecule has 0 spiro atoms. The molecule has 2 fully saturated rings. The third kappa shape index (κ3) is 3.01. The average Bonchev–Trinajstić information content (AvgIpc) is 3.19. The van der Waals surface area contributed by atoms with Crippen molar-refractivity contribution in [2.24, 2.45) is 11.8 Å². The summed E-state index contributed by atoms with van der Waals surface area (Å²) in [6, 6.07) is 3.47. The fourth-order valence-electron chi connectivity index (χ4n) is 3.38. The van der Waals surface area contributed by atoms with Crippen LogP contribution >= 0.6 is 0 Å². The van der Waals surface area contributed by atoms with Gasteiger partial charge in [0.1, 0.15) is 4.90 Å². The van der Waals surface area contributed by atoms with Gasteiger partial charge in [-0.2, -0.15) is 9.40 Å². The molecule has 26 heavy (non-hydrogen) atoms. The van der Waals surface area contributed by atoms with Crippen molar-refractivity contribution in [1.29, 1.82) is 0 Å². The minimum absolute atomic E-state index is 0.130. The van der Waals surface area contributed by atoms with Crippen LogP contribution in [-0.4, -0.2) is 64.9 Å². The Bertz CT molecular complexity index is 903. The molecular formula is C17H21N5O3S. The molecule has 0 bridgehead atoms. The summed E-state index contributed by atoms with van der Waals surface area (Å²) < 4.78 is 27.6. The zero-order valence-corrected chi connectivity index (χ0v) is 15.3. The quantitative estimate of drug-likeness (QED) is 0.858. The topological polar surface area (TPSA) is 99.3 Å². The molecule has 2 atom stereocenters. The second-order valence-corrected chi connectivity index (χ2v) is 8.80. The van der Waals surface area contributed by atoms with Gasteiger partial charge >= 0.3 is 0 Å². The first-order valence-corrected chi connectivity index (χ1v) is 10.1. The number of carbonyl (C=O) groups excluding carboxylic acids is 1. The van der Waals surface area contributed by atoms with Gasteiger partial charge in [-0.15, -0.1) is 0 Å². The Morgan fingerprint density at radius 2 is 1.85 bits per heavy atom. The molecule has 1 amide bonds. The van der Waals surface area contributed by atoms with Gasteiger partial charge in [-0.1, -0.05) is 6.92 Å². The van der Waals surface area contributed by atoms with Crippen molar-refractivity contribution in [3.63, 3.8) is 0 Å². The minimum atomic E-state index is -3.68. The SMILES string of the molecule is CC1CC1C(=O)N1CCN(S(=O)(=O)c2cn[nH]c2-c2ccncc2)CC1. The maximum absolute atomic E-state index is 13.1. The van der Waals surface area contributed by atoms with Crippen molar-refractivity contribution in [2.75, 3.05) is 26.2 Å². The molecule has 1 saturated carbocycles. The summed E-state index contributed by atoms with van der Waals surface area (Å²) in [5.74, 6) is 0.749. The maximum atomic E-state index is 13.1. The smallest absolute Gasteiger partial charge is 0.246 e. The number of hydrogen-bond acceptors (Lipinski definition) is 5. The maximum Gasteiger partial charge on any atom is 0.246 e. The van der Waals surface area contributed by atoms with E-state index in [1.54, 1.807) is 29.4 Å². The Kier molecular flexibility index (Phi) is 4.28. The van der Waals surface area contributed by atoms with E-state index in [-0.39, 0.29) is 16.7 Å². The molecule has 138 valence electrons. The Balaban J connectivity index is 1.50. The molecule has 8 nitrogen and oxygen atoms in total. The minimum Gasteiger partial charge on any atom is -0.340 e. The van der Waals surface area contributed by atoms with Gasteiger partial charge in [0.2, 0.25) is 15.9 Å². The Labute approximate surface area is 152 Å². The van der Waals surface area contributed by atoms with E-state index in [4.69, 9.17) is 0 Å². The number of H-pyrrole nitrogens is 1. The second-order valence-electron chi connectivity index (χ2n) is 6.89. The monoisotopic (exact) mass is 375 g/mol. The number of amides is 1. The zero-order valence-electron chi connectivity index (χ0n) is 14.5. The van der Waals surface area contributed by atoms with Crippen LogP contribution in [0.4, 0.5) is 0 Å². The average molecular weight is 375 g/mol. The largest absolute Gasteiger partial charge is 0.340 e. The molecular weight excluding hydrogens is 354 g/mol. The summed E-state index contributed by atoms with van der Waals surface area (Å²) in [6.45, 7) is 3.54. The number of carbonyl (C=O) groups is 1. The Morgan fingerprint density at radius 1 is 1.19 bits per heavy atom. The lowest BCUT2D eigenvalue weighted by Gasteiger charge is -2.34. The number of aromatic amines is 1. The van der Waals surface area contributed by atoms with Crippen LogP contribution in [0.3, 0.4) is 0 Å². The summed E-state index contributed by atoms with van der Waals surface area (Å²) in [6.07, 6.45) is 5.50. The van der Waals surface area contributed by atoms with E-state index in [2.05, 4.69) is 22.1 Å². The predicted octanol–water partition coefficient (Wildman–Crippen LogP) is 0.961. The van der Waals surface area contributed by atoms with Gasteiger partial charge in [-0.3, -0.25) is 14.9 Å². The molecule has 2 aromatic heterocycles. The first-order chi connectivity index (χ1) is 12.5. The summed E-state index contributed by atoms with van der Waals surface area (Å²) in [4.78, 5) is 18.2. The molecule has 1 N–H and O–H groups in total. The van der Waals surface area contributed by atoms with Gasteiger partial charge in [-0.25, -0.2) is 8.42 Å². The lowest BCUT2D eigenvalue weighted by molar-refractivity contribution is -0.134. The molecule has 3 heterocycles. The molecule has 9 heteroatoms. The van der Waals surface area contributed by atoms with Crippen molar-refractivity contribution in [1.82, 2.24) is 24.4 Å². The summed E-state index contributed by atoms with van der Waals surface area (Å²) in [5.41, 5.74) is 1.17. The van der Waals surface area contributed by atoms with Gasteiger partial charge in [0.25, 0.3) is 0 Å². The molecule has 1 aliphatic heterocycles. The van der Waals surface area contributed by atoms with Crippen LogP contribution in [0.5, 0.6) is 0 Å². The summed E-state index contributed by atoms with van der Waals surface area (Å²) in [5, 5.41) is 6.70. The lowest BCUT2D eigenvalue weighted by Crippen LogP contribution is -2.51. The highest BCUT2D eigenvalue weighted by Gasteiger charge is 2.42. The van der Waals surface area contributed by atoms with Gasteiger partial charge in [0.15, 0.2) is 0 Å². The van der Waals surface area contributed by atoms with Gasteiger partial charge in [0, 0.05) is 50.1 Å². The van der Waals surface area contributed by atoms with Crippen LogP contribution in [0.2, 0.25) is 0 Å². The van der Waals surface area contributed by atoms with Gasteiger partial charge in [-0.05, 0) is 24.5 Å². The Morgan fingerprint density at radius 3 is 2.46 bits per heavy atom. The van der Waals surface area contributed by atoms with Crippen molar-refractivity contribution in [3.05, 3.63) is 30.7 Å². The van der Waals surface area contributed by atoms with Crippen LogP contribution in [0.1, 0.15) is 13.3 Å². The molecule has 1 aliphatic carbocycles. The number of nitrogens with zero attached hydrogens (tertiary/aromatic N) is 4. The number of rotatable bonds is 4. The highest BCUT2D eigenvalue weighted by atomic mass is 32.2. The zero-order chi connectivity index (χ0) is 18.3. The van der Waals surface area contributed by atoms with E-state index in [1.165, 1.54) is 10.5 Å². The highest BCUT2D eigenvalue weighted by Crippen LogP contribution is 2.39. The van der Waals surface area contributed by atoms with E-state index in [0.29, 0.717) is 43.4 Å². The molecule has 2 unspecified atom stereocenters. The Hall–Kier alpha value is -2.26. The fraction of sp³-hybridized carbons (Fsp3) is 0.471. The number of sulfonamides is 1. The molecule has 4 rings (SSSR count). The lowest BCUT2D eigenvalue weighted by atomic mass is 10.2. The van der Waals surface area contributed by atoms with E-state index >= 15 is 0 Å². The highest BCUT2D eigenvalue weighted by molar-refractivity contribution is 7.89. The van der Waals surface area contributed by atoms with E-state index in [9.17, 15) is 13.2 Å². The fourth-order valence-corrected chi connectivity index (χ4v) is 4.91. The number of aromatic nitrogens is 3. The third-order valence-corrected chi connectivity index (χ3v) is 7.08. The molecule has 1 saturated heterocycles. The second kappa shape index (κ2) is 6.48. The van der Waals surface area contributed by atoms with Crippen LogP contribution in [0, 0.1) is 11.8 Å². The summed E-state index contributed by atoms with van der Waals surface area (Å²) in [7, 11) is -3.68. The predicted molar refractivity (Wildman–Crippen MR) is 94.4 cm³/mol. The van der Waals surface area contributed by atoms with Crippen molar-refractivity contribution in [2.45, 2.75) is 18.2 Å². The van der Waals surface area contributed by atoms with E-state index < -0.39 is 10.0 Å². The van der Waals surface area contributed by atoms with Crippen LogP contribution in [0.15, 0.2) is 35.6 Å². The number of pyridine rings is 1. The van der Waals surface area contributed by atoms with Crippen LogP contribution in [-0.2, 0) is 14.8 Å². The van der Waals surface area contributed by atoms with Crippen LogP contribution in [0.25, 0.3) is 11.3 Å². The van der Waals surface area contributed by atoms with E-state index in [1.807, 2.05) is 0 Å². The molecule has 2 aromatic rings. The van der Waals surface area contributed by atoms with Crippen LogP contribution < -0.4 is 0 Å². The molecule has 0 aromatic carbocycles. The first-order valence-electron chi connectivity index (χ1n) is 8.71. The van der Waals surface area contributed by atoms with Crippen molar-refractivity contribution >= 4 is 15.9 Å². The van der Waals surface area contributed by atoms with Crippen molar-refractivity contribution in [3.8, 4) is 11.3 Å². The molecule has 2 aliphatic rings. The van der Waals surface area contributed by atoms with Gasteiger partial charge in [0.05, 0.1) is 11.9 Å².